The van der Waals surface area contributed by atoms with Crippen LogP contribution in [0, 0.1) is 17.0 Å². The number of thiophene rings is 1. The molecule has 0 aliphatic rings. The van der Waals surface area contributed by atoms with E-state index in [1.54, 1.807) is 13.0 Å². The molecule has 3 rings (SSSR count). The zero-order valence-electron chi connectivity index (χ0n) is 13.3. The van der Waals surface area contributed by atoms with Crippen molar-refractivity contribution < 1.29 is 14.2 Å². The highest BCUT2D eigenvalue weighted by Gasteiger charge is 2.14. The lowest BCUT2D eigenvalue weighted by atomic mass is 10.1. The van der Waals surface area contributed by atoms with Crippen LogP contribution in [0.2, 0.25) is 0 Å². The van der Waals surface area contributed by atoms with Crippen molar-refractivity contribution in [3.63, 3.8) is 0 Å². The molecule has 0 radical (unpaired) electrons. The molecule has 128 valence electrons. The number of hydrogen-bond acceptors (Lipinski definition) is 7. The van der Waals surface area contributed by atoms with Crippen molar-refractivity contribution in [2.45, 2.75) is 19.8 Å². The molecule has 0 unspecified atom stereocenters. The summed E-state index contributed by atoms with van der Waals surface area (Å²) in [7, 11) is 0. The van der Waals surface area contributed by atoms with Gasteiger partial charge in [-0.15, -0.1) is 11.3 Å². The summed E-state index contributed by atoms with van der Waals surface area (Å²) in [6, 6.07) is 8.12. The molecule has 25 heavy (non-hydrogen) atoms. The second-order valence-corrected chi connectivity index (χ2v) is 6.24. The van der Waals surface area contributed by atoms with Crippen LogP contribution >= 0.6 is 11.3 Å². The Morgan fingerprint density at radius 3 is 2.96 bits per heavy atom. The van der Waals surface area contributed by atoms with Gasteiger partial charge in [-0.2, -0.15) is 4.98 Å². The quantitative estimate of drug-likeness (QED) is 0.532. The fourth-order valence-electron chi connectivity index (χ4n) is 2.15. The largest absolute Gasteiger partial charge is 0.339 e. The normalized spacial score (nSPS) is 10.6. The lowest BCUT2D eigenvalue weighted by Gasteiger charge is -2.07. The zero-order valence-corrected chi connectivity index (χ0v) is 14.1. The number of anilines is 1. The van der Waals surface area contributed by atoms with E-state index in [2.05, 4.69) is 15.5 Å². The molecule has 0 aliphatic heterocycles. The van der Waals surface area contributed by atoms with Gasteiger partial charge in [-0.05, 0) is 23.9 Å². The molecule has 0 saturated carbocycles. The topological polar surface area (TPSA) is 111 Å². The van der Waals surface area contributed by atoms with E-state index in [-0.39, 0.29) is 24.4 Å². The van der Waals surface area contributed by atoms with Gasteiger partial charge in [0.15, 0.2) is 0 Å². The average molecular weight is 358 g/mol. The summed E-state index contributed by atoms with van der Waals surface area (Å²) in [4.78, 5) is 27.6. The molecule has 1 N–H and O–H groups in total. The monoisotopic (exact) mass is 358 g/mol. The van der Waals surface area contributed by atoms with Crippen LogP contribution in [0.1, 0.15) is 17.9 Å². The van der Waals surface area contributed by atoms with Gasteiger partial charge >= 0.3 is 0 Å². The summed E-state index contributed by atoms with van der Waals surface area (Å²) >= 11 is 1.50. The number of nitro groups is 1. The van der Waals surface area contributed by atoms with E-state index in [4.69, 9.17) is 4.52 Å². The Morgan fingerprint density at radius 1 is 1.40 bits per heavy atom. The van der Waals surface area contributed by atoms with E-state index < -0.39 is 4.92 Å². The highest BCUT2D eigenvalue weighted by atomic mass is 32.1. The summed E-state index contributed by atoms with van der Waals surface area (Å²) in [6.07, 6.45) is 0.423. The zero-order chi connectivity index (χ0) is 17.8. The molecule has 1 aromatic carbocycles. The number of nitrogens with zero attached hydrogens (tertiary/aromatic N) is 3. The third-order valence-corrected chi connectivity index (χ3v) is 4.35. The van der Waals surface area contributed by atoms with Gasteiger partial charge in [0, 0.05) is 25.0 Å². The predicted octanol–water partition coefficient (Wildman–Crippen LogP) is 3.59. The van der Waals surface area contributed by atoms with Gasteiger partial charge in [0.25, 0.3) is 5.69 Å². The fraction of sp³-hybridized carbons (Fsp3) is 0.188. The number of carbonyl (C=O) groups is 1. The Kier molecular flexibility index (Phi) is 4.85. The van der Waals surface area contributed by atoms with Crippen molar-refractivity contribution in [1.29, 1.82) is 0 Å². The Balaban J connectivity index is 1.60. The predicted molar refractivity (Wildman–Crippen MR) is 92.4 cm³/mol. The van der Waals surface area contributed by atoms with Crippen molar-refractivity contribution in [2.24, 2.45) is 0 Å². The van der Waals surface area contributed by atoms with E-state index in [9.17, 15) is 14.9 Å². The van der Waals surface area contributed by atoms with Crippen molar-refractivity contribution in [3.05, 3.63) is 57.3 Å². The van der Waals surface area contributed by atoms with Crippen molar-refractivity contribution in [3.8, 4) is 10.7 Å². The van der Waals surface area contributed by atoms with Crippen LogP contribution in [-0.4, -0.2) is 21.0 Å². The molecular weight excluding hydrogens is 344 g/mol. The number of aromatic nitrogens is 2. The number of carbonyl (C=O) groups excluding carboxylic acids is 1. The summed E-state index contributed by atoms with van der Waals surface area (Å²) in [5.74, 6) is 0.591. The first-order chi connectivity index (χ1) is 12.0. The number of nitrogens with one attached hydrogen (secondary N) is 1. The Bertz CT molecular complexity index is 905. The Hall–Kier alpha value is -3.07. The summed E-state index contributed by atoms with van der Waals surface area (Å²) in [6.45, 7) is 1.77. The minimum atomic E-state index is -0.500. The van der Waals surface area contributed by atoms with Gasteiger partial charge in [0.2, 0.25) is 17.6 Å². The maximum Gasteiger partial charge on any atom is 0.271 e. The summed E-state index contributed by atoms with van der Waals surface area (Å²) in [5, 5.41) is 19.3. The third kappa shape index (κ3) is 4.07. The number of aryl methyl sites for hydroxylation is 2. The van der Waals surface area contributed by atoms with Crippen LogP contribution in [0.15, 0.2) is 40.2 Å². The van der Waals surface area contributed by atoms with Crippen LogP contribution in [0.25, 0.3) is 10.7 Å². The lowest BCUT2D eigenvalue weighted by Crippen LogP contribution is -2.13. The SMILES string of the molecule is Cc1ccc([N+](=O)[O-])cc1NC(=O)CCc1nc(-c2cccs2)no1. The molecule has 2 aromatic heterocycles. The smallest absolute Gasteiger partial charge is 0.271 e. The van der Waals surface area contributed by atoms with E-state index in [1.807, 2.05) is 17.5 Å². The molecular formula is C16H14N4O4S. The van der Waals surface area contributed by atoms with Gasteiger partial charge in [-0.3, -0.25) is 14.9 Å². The number of nitro benzene ring substituents is 1. The molecule has 0 aliphatic carbocycles. The first kappa shape index (κ1) is 16.8. The first-order valence-corrected chi connectivity index (χ1v) is 8.32. The van der Waals surface area contributed by atoms with Crippen LogP contribution in [0.4, 0.5) is 11.4 Å². The molecule has 0 atom stereocenters. The van der Waals surface area contributed by atoms with E-state index in [0.29, 0.717) is 17.4 Å². The first-order valence-electron chi connectivity index (χ1n) is 7.44. The standard InChI is InChI=1S/C16H14N4O4S/c1-10-4-5-11(20(22)23)9-12(10)17-14(21)6-7-15-18-16(19-24-15)13-3-2-8-25-13/h2-5,8-9H,6-7H2,1H3,(H,17,21). The van der Waals surface area contributed by atoms with Crippen molar-refractivity contribution in [1.82, 2.24) is 10.1 Å². The molecule has 8 nitrogen and oxygen atoms in total. The molecule has 0 fully saturated rings. The summed E-state index contributed by atoms with van der Waals surface area (Å²) in [5.41, 5.74) is 1.10. The second-order valence-electron chi connectivity index (χ2n) is 5.29. The molecule has 2 heterocycles. The highest BCUT2D eigenvalue weighted by Crippen LogP contribution is 2.23. The number of non-ortho nitro benzene ring substituents is 1. The number of rotatable bonds is 6. The molecule has 0 saturated heterocycles. The van der Waals surface area contributed by atoms with Crippen LogP contribution in [-0.2, 0) is 11.2 Å². The van der Waals surface area contributed by atoms with E-state index >= 15 is 0 Å². The maximum atomic E-state index is 12.1. The second kappa shape index (κ2) is 7.22. The van der Waals surface area contributed by atoms with Crippen LogP contribution < -0.4 is 5.32 Å². The minimum Gasteiger partial charge on any atom is -0.339 e. The van der Waals surface area contributed by atoms with Gasteiger partial charge in [-0.1, -0.05) is 17.3 Å². The lowest BCUT2D eigenvalue weighted by molar-refractivity contribution is -0.384. The molecule has 0 bridgehead atoms. The summed E-state index contributed by atoms with van der Waals surface area (Å²) < 4.78 is 5.14. The van der Waals surface area contributed by atoms with Crippen molar-refractivity contribution in [2.75, 3.05) is 5.32 Å². The minimum absolute atomic E-state index is 0.0709. The fourth-order valence-corrected chi connectivity index (χ4v) is 2.80. The highest BCUT2D eigenvalue weighted by molar-refractivity contribution is 7.13. The number of benzene rings is 1. The van der Waals surface area contributed by atoms with E-state index in [0.717, 1.165) is 10.4 Å². The van der Waals surface area contributed by atoms with E-state index in [1.165, 1.54) is 23.5 Å². The van der Waals surface area contributed by atoms with Crippen LogP contribution in [0.3, 0.4) is 0 Å². The van der Waals surface area contributed by atoms with Gasteiger partial charge in [-0.25, -0.2) is 0 Å². The number of amides is 1. The average Bonchev–Trinajstić information content (AvgIpc) is 3.26. The van der Waals surface area contributed by atoms with Gasteiger partial charge < -0.3 is 9.84 Å². The molecule has 0 spiro atoms. The Labute approximate surface area is 146 Å². The molecule has 9 heteroatoms. The Morgan fingerprint density at radius 2 is 2.24 bits per heavy atom. The third-order valence-electron chi connectivity index (χ3n) is 3.48. The molecule has 1 amide bonds. The van der Waals surface area contributed by atoms with Gasteiger partial charge in [0.1, 0.15) is 0 Å². The van der Waals surface area contributed by atoms with Gasteiger partial charge in [0.05, 0.1) is 15.5 Å². The van der Waals surface area contributed by atoms with Crippen LogP contribution in [0.5, 0.6) is 0 Å². The number of hydrogen-bond donors (Lipinski definition) is 1. The van der Waals surface area contributed by atoms with Crippen molar-refractivity contribution >= 4 is 28.6 Å². The molecule has 3 aromatic rings. The maximum absolute atomic E-state index is 12.1.